The lowest BCUT2D eigenvalue weighted by Crippen LogP contribution is -2.30. The van der Waals surface area contributed by atoms with E-state index >= 15 is 0 Å². The van der Waals surface area contributed by atoms with Crippen molar-refractivity contribution in [1.29, 1.82) is 0 Å². The Labute approximate surface area is 120 Å². The summed E-state index contributed by atoms with van der Waals surface area (Å²) < 4.78 is 60.0. The van der Waals surface area contributed by atoms with E-state index in [0.29, 0.717) is 0 Å². The van der Waals surface area contributed by atoms with E-state index in [1.54, 1.807) is 12.1 Å². The molecule has 2 rings (SSSR count). The Hall–Kier alpha value is -1.88. The fourth-order valence-electron chi connectivity index (χ4n) is 2.07. The average molecular weight is 298 g/mol. The molecule has 0 aliphatic heterocycles. The highest BCUT2D eigenvalue weighted by Gasteiger charge is 2.47. The van der Waals surface area contributed by atoms with Gasteiger partial charge in [0.05, 0.1) is 11.1 Å². The third kappa shape index (κ3) is 3.24. The molecular formula is C16H14F4O. The lowest BCUT2D eigenvalue weighted by atomic mass is 10.1. The second-order valence-corrected chi connectivity index (χ2v) is 4.77. The van der Waals surface area contributed by atoms with Gasteiger partial charge in [-0.25, -0.2) is 4.74 Å². The highest BCUT2D eigenvalue weighted by atomic mass is 19.3. The molecule has 0 saturated carbocycles. The Morgan fingerprint density at radius 2 is 1.00 bits per heavy atom. The Morgan fingerprint density at radius 3 is 1.33 bits per heavy atom. The molecule has 0 aromatic heterocycles. The van der Waals surface area contributed by atoms with Crippen LogP contribution in [0.15, 0.2) is 48.5 Å². The summed E-state index contributed by atoms with van der Waals surface area (Å²) in [6, 6.07) is 10.8. The summed E-state index contributed by atoms with van der Waals surface area (Å²) in [5.74, 6) is 0. The van der Waals surface area contributed by atoms with Gasteiger partial charge in [-0.2, -0.15) is 17.6 Å². The molecule has 21 heavy (non-hydrogen) atoms. The van der Waals surface area contributed by atoms with E-state index in [9.17, 15) is 17.6 Å². The number of alkyl halides is 4. The van der Waals surface area contributed by atoms with Crippen LogP contribution >= 0.6 is 0 Å². The lowest BCUT2D eigenvalue weighted by Gasteiger charge is -2.26. The van der Waals surface area contributed by atoms with E-state index < -0.39 is 23.3 Å². The summed E-state index contributed by atoms with van der Waals surface area (Å²) in [6.07, 6.45) is -8.17. The van der Waals surface area contributed by atoms with Gasteiger partial charge < -0.3 is 0 Å². The maximum Gasteiger partial charge on any atom is 0.388 e. The minimum absolute atomic E-state index is 0.183. The zero-order valence-corrected chi connectivity index (χ0v) is 11.5. The molecule has 0 bridgehead atoms. The van der Waals surface area contributed by atoms with Crippen LogP contribution in [0.1, 0.15) is 22.3 Å². The molecule has 0 amide bonds. The number of halogens is 4. The number of benzene rings is 2. The van der Waals surface area contributed by atoms with E-state index in [0.717, 1.165) is 12.1 Å². The minimum Gasteiger partial charge on any atom is -0.247 e. The first-order valence-corrected chi connectivity index (χ1v) is 6.32. The average Bonchev–Trinajstić information content (AvgIpc) is 2.38. The molecule has 5 heteroatoms. The maximum atomic E-state index is 14.0. The molecule has 0 heterocycles. The molecule has 112 valence electrons. The van der Waals surface area contributed by atoms with Crippen molar-refractivity contribution < 1.29 is 22.3 Å². The second kappa shape index (κ2) is 5.48. The van der Waals surface area contributed by atoms with Crippen molar-refractivity contribution in [2.45, 2.75) is 26.1 Å². The summed E-state index contributed by atoms with van der Waals surface area (Å²) >= 11 is 0. The predicted octanol–water partition coefficient (Wildman–Crippen LogP) is 5.12. The first-order chi connectivity index (χ1) is 9.74. The van der Waals surface area contributed by atoms with Gasteiger partial charge in [0.25, 0.3) is 0 Å². The number of hydrogen-bond acceptors (Lipinski definition) is 1. The van der Waals surface area contributed by atoms with Gasteiger partial charge in [-0.15, -0.1) is 0 Å². The van der Waals surface area contributed by atoms with Crippen LogP contribution in [0.25, 0.3) is 0 Å². The fourth-order valence-corrected chi connectivity index (χ4v) is 2.07. The molecule has 2 aromatic carbocycles. The molecule has 0 aliphatic rings. The van der Waals surface area contributed by atoms with Crippen molar-refractivity contribution >= 4 is 0 Å². The van der Waals surface area contributed by atoms with Crippen LogP contribution in [0.5, 0.6) is 0 Å². The number of rotatable bonds is 4. The van der Waals surface area contributed by atoms with Crippen LogP contribution in [0, 0.1) is 13.8 Å². The quantitative estimate of drug-likeness (QED) is 0.712. The Kier molecular flexibility index (Phi) is 4.05. The summed E-state index contributed by atoms with van der Waals surface area (Å²) in [5.41, 5.74) is -0.775. The Morgan fingerprint density at radius 1 is 0.667 bits per heavy atom. The van der Waals surface area contributed by atoms with Gasteiger partial charge in [0, 0.05) is 0 Å². The van der Waals surface area contributed by atoms with Crippen molar-refractivity contribution in [3.05, 3.63) is 70.8 Å². The van der Waals surface area contributed by atoms with Crippen molar-refractivity contribution in [3.8, 4) is 0 Å². The molecule has 0 N–H and O–H groups in total. The van der Waals surface area contributed by atoms with Gasteiger partial charge in [-0.3, -0.25) is 0 Å². The normalized spacial score (nSPS) is 12.5. The van der Waals surface area contributed by atoms with Crippen molar-refractivity contribution in [3.63, 3.8) is 0 Å². The summed E-state index contributed by atoms with van der Waals surface area (Å²) in [4.78, 5) is 0. The van der Waals surface area contributed by atoms with Gasteiger partial charge >= 0.3 is 12.2 Å². The van der Waals surface area contributed by atoms with E-state index in [-0.39, 0.29) is 11.1 Å². The van der Waals surface area contributed by atoms with Crippen LogP contribution in [0.3, 0.4) is 0 Å². The molecule has 0 saturated heterocycles. The monoisotopic (exact) mass is 298 g/mol. The molecule has 0 atom stereocenters. The van der Waals surface area contributed by atoms with Gasteiger partial charge in [-0.1, -0.05) is 48.5 Å². The van der Waals surface area contributed by atoms with Crippen molar-refractivity contribution in [2.75, 3.05) is 0 Å². The van der Waals surface area contributed by atoms with Gasteiger partial charge in [0.2, 0.25) is 0 Å². The zero-order chi connectivity index (χ0) is 15.7. The highest BCUT2D eigenvalue weighted by molar-refractivity contribution is 5.30. The number of aryl methyl sites for hydroxylation is 2. The molecule has 0 radical (unpaired) electrons. The van der Waals surface area contributed by atoms with Crippen LogP contribution < -0.4 is 0 Å². The van der Waals surface area contributed by atoms with E-state index in [2.05, 4.69) is 4.74 Å². The number of ether oxygens (including phenoxy) is 1. The van der Waals surface area contributed by atoms with Gasteiger partial charge in [0.1, 0.15) is 0 Å². The standard InChI is InChI=1S/C16H14F4O/c1-11-7-3-5-9-13(11)15(17,18)21-16(19,20)14-10-6-4-8-12(14)2/h3-10H,1-2H3. The Balaban J connectivity index is 2.36. The first kappa shape index (κ1) is 15.5. The summed E-state index contributed by atoms with van der Waals surface area (Å²) in [7, 11) is 0. The van der Waals surface area contributed by atoms with Gasteiger partial charge in [0.15, 0.2) is 0 Å². The molecular weight excluding hydrogens is 284 g/mol. The third-order valence-corrected chi connectivity index (χ3v) is 3.17. The predicted molar refractivity (Wildman–Crippen MR) is 71.2 cm³/mol. The Bertz CT molecular complexity index is 582. The zero-order valence-electron chi connectivity index (χ0n) is 11.5. The van der Waals surface area contributed by atoms with E-state index in [4.69, 9.17) is 0 Å². The van der Waals surface area contributed by atoms with E-state index in [1.165, 1.54) is 38.1 Å². The maximum absolute atomic E-state index is 14.0. The highest BCUT2D eigenvalue weighted by Crippen LogP contribution is 2.42. The first-order valence-electron chi connectivity index (χ1n) is 6.32. The molecule has 0 spiro atoms. The third-order valence-electron chi connectivity index (χ3n) is 3.17. The largest absolute Gasteiger partial charge is 0.388 e. The molecule has 0 unspecified atom stereocenters. The van der Waals surface area contributed by atoms with Crippen LogP contribution in [-0.2, 0) is 17.0 Å². The molecule has 2 aromatic rings. The second-order valence-electron chi connectivity index (χ2n) is 4.77. The molecule has 0 fully saturated rings. The van der Waals surface area contributed by atoms with Crippen LogP contribution in [0.2, 0.25) is 0 Å². The topological polar surface area (TPSA) is 9.23 Å². The number of hydrogen-bond donors (Lipinski definition) is 0. The smallest absolute Gasteiger partial charge is 0.247 e. The van der Waals surface area contributed by atoms with E-state index in [1.807, 2.05) is 0 Å². The van der Waals surface area contributed by atoms with Gasteiger partial charge in [-0.05, 0) is 25.0 Å². The van der Waals surface area contributed by atoms with Crippen LogP contribution in [0.4, 0.5) is 17.6 Å². The molecule has 0 aliphatic carbocycles. The SMILES string of the molecule is Cc1ccccc1C(F)(F)OC(F)(F)c1ccccc1C. The lowest BCUT2D eigenvalue weighted by molar-refractivity contribution is -0.391. The minimum atomic E-state index is -4.09. The summed E-state index contributed by atoms with van der Waals surface area (Å²) in [5, 5.41) is 0. The van der Waals surface area contributed by atoms with Crippen molar-refractivity contribution in [2.24, 2.45) is 0 Å². The van der Waals surface area contributed by atoms with Crippen LogP contribution in [-0.4, -0.2) is 0 Å². The summed E-state index contributed by atoms with van der Waals surface area (Å²) in [6.45, 7) is 2.83. The molecule has 1 nitrogen and oxygen atoms in total. The fraction of sp³-hybridized carbons (Fsp3) is 0.250. The van der Waals surface area contributed by atoms with Crippen molar-refractivity contribution in [1.82, 2.24) is 0 Å².